The lowest BCUT2D eigenvalue weighted by Gasteiger charge is -2.41. The Morgan fingerprint density at radius 1 is 0.444 bits per heavy atom. The van der Waals surface area contributed by atoms with Crippen molar-refractivity contribution in [2.45, 2.75) is 43.0 Å². The van der Waals surface area contributed by atoms with Gasteiger partial charge in [0, 0.05) is 61.1 Å². The van der Waals surface area contributed by atoms with Crippen LogP contribution in [0.2, 0.25) is 0 Å². The molecule has 0 radical (unpaired) electrons. The van der Waals surface area contributed by atoms with Gasteiger partial charge in [0.1, 0.15) is 11.9 Å². The second kappa shape index (κ2) is 19.5. The summed E-state index contributed by atoms with van der Waals surface area (Å²) in [5.41, 5.74) is 18.0. The zero-order chi connectivity index (χ0) is 53.4. The first-order chi connectivity index (χ1) is 40.2. The van der Waals surface area contributed by atoms with Gasteiger partial charge in [0.05, 0.1) is 41.7 Å². The highest BCUT2D eigenvalue weighted by Gasteiger charge is 2.49. The highest BCUT2D eigenvalue weighted by atomic mass is 16.5. The van der Waals surface area contributed by atoms with Gasteiger partial charge in [-0.3, -0.25) is 16.0 Å². The molecule has 3 aromatic heterocycles. The van der Waals surface area contributed by atoms with E-state index in [1.54, 1.807) is 0 Å². The highest BCUT2D eigenvalue weighted by Crippen LogP contribution is 2.62. The Morgan fingerprint density at radius 3 is 1.64 bits per heavy atom. The van der Waals surface area contributed by atoms with E-state index in [1.165, 1.54) is 44.3 Å². The number of nitrogens with one attached hydrogen (secondary N) is 3. The summed E-state index contributed by atoms with van der Waals surface area (Å²) in [6, 6.07) is 87.9. The van der Waals surface area contributed by atoms with Crippen molar-refractivity contribution in [3.63, 3.8) is 0 Å². The van der Waals surface area contributed by atoms with Gasteiger partial charge in [-0.2, -0.15) is 0 Å². The monoisotopic (exact) mass is 1050 g/mol. The fourth-order valence-electron chi connectivity index (χ4n) is 13.2. The van der Waals surface area contributed by atoms with E-state index in [2.05, 4.69) is 250 Å². The highest BCUT2D eigenvalue weighted by molar-refractivity contribution is 6.06. The number of ether oxygens (including phenoxy) is 1. The average molecular weight is 1050 g/mol. The van der Waals surface area contributed by atoms with Gasteiger partial charge in [-0.05, 0) is 70.7 Å². The summed E-state index contributed by atoms with van der Waals surface area (Å²) < 4.78 is 12.5. The summed E-state index contributed by atoms with van der Waals surface area (Å²) in [6.45, 7) is 0. The van der Waals surface area contributed by atoms with Crippen molar-refractivity contribution < 1.29 is 4.74 Å². The third-order valence-electron chi connectivity index (χ3n) is 16.8. The van der Waals surface area contributed by atoms with Gasteiger partial charge in [0.25, 0.3) is 0 Å². The number of allylic oxidation sites excluding steroid dienone is 2. The van der Waals surface area contributed by atoms with Gasteiger partial charge < -0.3 is 13.9 Å². The second-order valence-electron chi connectivity index (χ2n) is 21.4. The van der Waals surface area contributed by atoms with Crippen LogP contribution in [0.25, 0.3) is 78.2 Å². The summed E-state index contributed by atoms with van der Waals surface area (Å²) in [7, 11) is 0. The van der Waals surface area contributed by atoms with Gasteiger partial charge in [0.15, 0.2) is 17.5 Å². The third-order valence-corrected chi connectivity index (χ3v) is 16.8. The topological polar surface area (TPSA) is 93.8 Å². The van der Waals surface area contributed by atoms with E-state index in [4.69, 9.17) is 19.7 Å². The molecule has 6 atom stereocenters. The van der Waals surface area contributed by atoms with Crippen LogP contribution in [-0.4, -0.2) is 30.3 Å². The molecule has 9 nitrogen and oxygen atoms in total. The largest absolute Gasteiger partial charge is 0.484 e. The number of para-hydroxylation sites is 4. The van der Waals surface area contributed by atoms with Crippen LogP contribution < -0.4 is 20.7 Å². The molecule has 6 unspecified atom stereocenters. The number of rotatable bonds is 9. The molecular weight excluding hydrogens is 993 g/mol. The minimum atomic E-state index is -0.298. The molecule has 3 N–H and O–H groups in total. The quantitative estimate of drug-likeness (QED) is 0.133. The summed E-state index contributed by atoms with van der Waals surface area (Å²) in [6.07, 6.45) is 4.48. The zero-order valence-corrected chi connectivity index (χ0v) is 44.1. The van der Waals surface area contributed by atoms with Crippen LogP contribution in [0.5, 0.6) is 5.75 Å². The van der Waals surface area contributed by atoms with E-state index in [0.29, 0.717) is 23.9 Å². The van der Waals surface area contributed by atoms with Gasteiger partial charge in [0.2, 0.25) is 0 Å². The number of benzene rings is 9. The van der Waals surface area contributed by atoms with Gasteiger partial charge in [-0.25, -0.2) is 15.0 Å². The normalized spacial score (nSPS) is 19.9. The molecule has 9 aromatic carbocycles. The van der Waals surface area contributed by atoms with Gasteiger partial charge >= 0.3 is 0 Å². The number of hydrogen-bond donors (Lipinski definition) is 3. The predicted octanol–water partition coefficient (Wildman–Crippen LogP) is 15.5. The molecule has 0 saturated carbocycles. The molecular formula is C72H54N8O. The van der Waals surface area contributed by atoms with Crippen molar-refractivity contribution in [1.29, 1.82) is 0 Å². The Morgan fingerprint density at radius 2 is 0.963 bits per heavy atom. The molecule has 4 aliphatic rings. The first kappa shape index (κ1) is 47.2. The molecule has 9 heteroatoms. The Hall–Kier alpha value is -9.77. The van der Waals surface area contributed by atoms with E-state index in [1.807, 2.05) is 36.4 Å². The molecule has 1 fully saturated rings. The maximum absolute atomic E-state index is 7.34. The van der Waals surface area contributed by atoms with Gasteiger partial charge in [-0.15, -0.1) is 0 Å². The maximum Gasteiger partial charge on any atom is 0.164 e. The van der Waals surface area contributed by atoms with Crippen molar-refractivity contribution in [1.82, 2.24) is 40.0 Å². The smallest absolute Gasteiger partial charge is 0.164 e. The SMILES string of the molecule is C1=C(C2NC(c3ccccc3)NC(c3ccc(-c4ccccc4)cc3)N2)C=C(c2nc(-c3ccccc3)nc(-c3ccccc3)n2)C(n2c3c(c4ccccc42)C2Oc4ccccc4C2c2c-3c3ccccc3n2-c2ccccc2)C1. The van der Waals surface area contributed by atoms with Crippen molar-refractivity contribution in [2.24, 2.45) is 0 Å². The summed E-state index contributed by atoms with van der Waals surface area (Å²) in [4.78, 5) is 16.3. The van der Waals surface area contributed by atoms with Crippen LogP contribution in [0.15, 0.2) is 266 Å². The van der Waals surface area contributed by atoms with Crippen LogP contribution in [-0.2, 0) is 0 Å². The Bertz CT molecular complexity index is 4340. The molecule has 2 aliphatic heterocycles. The van der Waals surface area contributed by atoms with Crippen molar-refractivity contribution in [2.75, 3.05) is 0 Å². The number of nitrogens with zero attached hydrogens (tertiary/aromatic N) is 5. The van der Waals surface area contributed by atoms with Crippen molar-refractivity contribution >= 4 is 27.4 Å². The van der Waals surface area contributed by atoms with Crippen LogP contribution in [0, 0.1) is 0 Å². The van der Waals surface area contributed by atoms with E-state index >= 15 is 0 Å². The van der Waals surface area contributed by atoms with Crippen LogP contribution in [0.3, 0.4) is 0 Å². The minimum absolute atomic E-state index is 0.0778. The standard InChI is InChI=1S/C72H54N8O/c1-6-22-45(23-7-1)46-38-40-50(41-39-46)70-73-67(47-24-8-2-9-25-47)75-71(76-70)51-42-43-59(56(44-51)72-77-68(48-26-10-3-11-27-48)74-69(78-72)49-28-12-4-13-29-49)80-58-36-20-17-33-54(58)62-65(80)61-53-32-16-19-35-57(53)79(52-30-14-5-15-31-52)64(61)63-55-34-18-21-37-60(55)81-66(62)63/h1-42,44,59,63,66-67,70-71,73,75-76H,43H2. The second-order valence-corrected chi connectivity index (χ2v) is 21.4. The number of hydrogen-bond acceptors (Lipinski definition) is 7. The first-order valence-electron chi connectivity index (χ1n) is 28.0. The van der Waals surface area contributed by atoms with Crippen molar-refractivity contribution in [3.8, 4) is 56.6 Å². The Kier molecular flexibility index (Phi) is 11.4. The zero-order valence-electron chi connectivity index (χ0n) is 44.1. The molecule has 0 bridgehead atoms. The van der Waals surface area contributed by atoms with Gasteiger partial charge in [-0.1, -0.05) is 224 Å². The van der Waals surface area contributed by atoms with Crippen molar-refractivity contribution in [3.05, 3.63) is 300 Å². The summed E-state index contributed by atoms with van der Waals surface area (Å²) in [5, 5.41) is 14.4. The molecule has 2 aliphatic carbocycles. The van der Waals surface area contributed by atoms with Crippen LogP contribution in [0.4, 0.5) is 0 Å². The average Bonchev–Trinajstić information content (AvgIpc) is 2.81. The third kappa shape index (κ3) is 7.99. The fourth-order valence-corrected chi connectivity index (χ4v) is 13.2. The molecule has 5 heterocycles. The fraction of sp³-hybridized carbons (Fsp3) is 0.0972. The molecule has 12 aromatic rings. The summed E-state index contributed by atoms with van der Waals surface area (Å²) in [5.74, 6) is 2.70. The van der Waals surface area contributed by atoms with E-state index in [-0.39, 0.29) is 36.6 Å². The molecule has 81 heavy (non-hydrogen) atoms. The molecule has 0 amide bonds. The lowest BCUT2D eigenvalue weighted by Crippen LogP contribution is -2.59. The van der Waals surface area contributed by atoms with Crippen LogP contribution >= 0.6 is 0 Å². The lowest BCUT2D eigenvalue weighted by molar-refractivity contribution is 0.220. The lowest BCUT2D eigenvalue weighted by atomic mass is 9.79. The summed E-state index contributed by atoms with van der Waals surface area (Å²) >= 11 is 0. The number of aromatic nitrogens is 5. The molecule has 1 saturated heterocycles. The maximum atomic E-state index is 7.34. The molecule has 16 rings (SSSR count). The van der Waals surface area contributed by atoms with E-state index < -0.39 is 0 Å². The van der Waals surface area contributed by atoms with E-state index in [9.17, 15) is 0 Å². The minimum Gasteiger partial charge on any atom is -0.484 e. The van der Waals surface area contributed by atoms with E-state index in [0.717, 1.165) is 61.6 Å². The Labute approximate surface area is 469 Å². The number of fused-ring (bicyclic) bond motifs is 12. The predicted molar refractivity (Wildman–Crippen MR) is 323 cm³/mol. The molecule has 388 valence electrons. The Balaban J connectivity index is 0.923. The van der Waals surface area contributed by atoms with Crippen LogP contribution in [0.1, 0.15) is 70.6 Å². The molecule has 0 spiro atoms. The first-order valence-corrected chi connectivity index (χ1v) is 28.0.